The number of nitriles is 1. The zero-order valence-corrected chi connectivity index (χ0v) is 20.1. The lowest BCUT2D eigenvalue weighted by Gasteiger charge is -2.16. The summed E-state index contributed by atoms with van der Waals surface area (Å²) in [5, 5.41) is 17.0. The lowest BCUT2D eigenvalue weighted by Crippen LogP contribution is -2.33. The van der Waals surface area contributed by atoms with Crippen molar-refractivity contribution in [3.8, 4) is 28.5 Å². The molecule has 0 fully saturated rings. The summed E-state index contributed by atoms with van der Waals surface area (Å²) in [7, 11) is 0. The Kier molecular flexibility index (Phi) is 6.99. The molecule has 174 valence electrons. The molecule has 0 aliphatic heterocycles. The van der Waals surface area contributed by atoms with Crippen LogP contribution >= 0.6 is 11.3 Å². The van der Waals surface area contributed by atoms with E-state index in [1.165, 1.54) is 11.3 Å². The number of carbonyl (C=O) groups excluding carboxylic acids is 2. The molecule has 0 radical (unpaired) electrons. The number of pyridine rings is 1. The van der Waals surface area contributed by atoms with Crippen LogP contribution in [0, 0.1) is 11.3 Å². The first-order valence-corrected chi connectivity index (χ1v) is 11.8. The van der Waals surface area contributed by atoms with Crippen LogP contribution in [0.2, 0.25) is 0 Å². The van der Waals surface area contributed by atoms with Gasteiger partial charge in [-0.25, -0.2) is 4.98 Å². The van der Waals surface area contributed by atoms with E-state index in [9.17, 15) is 14.9 Å². The van der Waals surface area contributed by atoms with E-state index in [0.717, 1.165) is 27.9 Å². The van der Waals surface area contributed by atoms with Crippen molar-refractivity contribution < 1.29 is 9.59 Å². The van der Waals surface area contributed by atoms with Crippen LogP contribution in [0.5, 0.6) is 0 Å². The van der Waals surface area contributed by atoms with Gasteiger partial charge in [0.05, 0.1) is 23.7 Å². The number of carbonyl (C=O) groups is 2. The van der Waals surface area contributed by atoms with Crippen LogP contribution in [0.1, 0.15) is 29.8 Å². The smallest absolute Gasteiger partial charge is 0.251 e. The lowest BCUT2D eigenvalue weighted by atomic mass is 9.85. The van der Waals surface area contributed by atoms with Crippen molar-refractivity contribution in [3.05, 3.63) is 89.6 Å². The van der Waals surface area contributed by atoms with E-state index in [2.05, 4.69) is 26.7 Å². The summed E-state index contributed by atoms with van der Waals surface area (Å²) in [6.07, 6.45) is 3.50. The molecule has 0 saturated carbocycles. The van der Waals surface area contributed by atoms with Crippen molar-refractivity contribution in [3.63, 3.8) is 0 Å². The van der Waals surface area contributed by atoms with Crippen LogP contribution in [-0.4, -0.2) is 28.3 Å². The molecule has 0 bridgehead atoms. The maximum Gasteiger partial charge on any atom is 0.251 e. The number of aromatic nitrogens is 2. The standard InChI is InChI=1S/C27H23N5O2S/c1-27(2,17-28)22-8-4-7-21(14-22)25(34)30-15-24(33)32-26-31-23(16-35-26)20-6-3-5-19(13-20)18-9-11-29-12-10-18/h3-14,16H,15H2,1-2H3,(H,30,34)(H,31,32,33). The van der Waals surface area contributed by atoms with Gasteiger partial charge in [0, 0.05) is 28.9 Å². The molecule has 2 amide bonds. The minimum atomic E-state index is -0.714. The molecule has 0 aliphatic carbocycles. The second-order valence-electron chi connectivity index (χ2n) is 8.40. The number of anilines is 1. The second-order valence-corrected chi connectivity index (χ2v) is 9.26. The van der Waals surface area contributed by atoms with E-state index in [4.69, 9.17) is 0 Å². The summed E-state index contributed by atoms with van der Waals surface area (Å²) < 4.78 is 0. The van der Waals surface area contributed by atoms with Crippen LogP contribution in [0.25, 0.3) is 22.4 Å². The number of nitrogens with one attached hydrogen (secondary N) is 2. The fourth-order valence-electron chi connectivity index (χ4n) is 3.41. The SMILES string of the molecule is CC(C)(C#N)c1cccc(C(=O)NCC(=O)Nc2nc(-c3cccc(-c4ccncc4)c3)cs2)c1. The minimum Gasteiger partial charge on any atom is -0.343 e. The van der Waals surface area contributed by atoms with Crippen LogP contribution in [-0.2, 0) is 10.2 Å². The number of hydrogen-bond acceptors (Lipinski definition) is 6. The summed E-state index contributed by atoms with van der Waals surface area (Å²) in [6, 6.07) is 21.0. The molecule has 0 saturated heterocycles. The first-order chi connectivity index (χ1) is 16.9. The monoisotopic (exact) mass is 481 g/mol. The molecule has 0 spiro atoms. The van der Waals surface area contributed by atoms with Crippen molar-refractivity contribution in [1.82, 2.24) is 15.3 Å². The van der Waals surface area contributed by atoms with Gasteiger partial charge in [-0.2, -0.15) is 5.26 Å². The predicted molar refractivity (Wildman–Crippen MR) is 137 cm³/mol. The van der Waals surface area contributed by atoms with E-state index in [1.807, 2.05) is 41.8 Å². The molecule has 8 heteroatoms. The molecule has 2 heterocycles. The highest BCUT2D eigenvalue weighted by Crippen LogP contribution is 2.28. The molecule has 4 rings (SSSR count). The molecule has 2 aromatic heterocycles. The third kappa shape index (κ3) is 5.78. The highest BCUT2D eigenvalue weighted by Gasteiger charge is 2.21. The molecule has 2 N–H and O–H groups in total. The zero-order valence-electron chi connectivity index (χ0n) is 19.3. The maximum atomic E-state index is 12.5. The summed E-state index contributed by atoms with van der Waals surface area (Å²) >= 11 is 1.32. The van der Waals surface area contributed by atoms with Gasteiger partial charge in [-0.1, -0.05) is 30.3 Å². The fourth-order valence-corrected chi connectivity index (χ4v) is 4.14. The largest absolute Gasteiger partial charge is 0.343 e. The quantitative estimate of drug-likeness (QED) is 0.384. The molecular weight excluding hydrogens is 458 g/mol. The number of rotatable bonds is 7. The van der Waals surface area contributed by atoms with Gasteiger partial charge < -0.3 is 10.6 Å². The van der Waals surface area contributed by atoms with Crippen LogP contribution < -0.4 is 10.6 Å². The second kappa shape index (κ2) is 10.3. The Bertz CT molecular complexity index is 1410. The molecule has 0 unspecified atom stereocenters. The molecule has 0 atom stereocenters. The summed E-state index contributed by atoms with van der Waals surface area (Å²) in [5.41, 5.74) is 4.21. The van der Waals surface area contributed by atoms with Crippen LogP contribution in [0.3, 0.4) is 0 Å². The number of benzene rings is 2. The highest BCUT2D eigenvalue weighted by molar-refractivity contribution is 7.14. The molecular formula is C27H23N5O2S. The van der Waals surface area contributed by atoms with E-state index in [1.54, 1.807) is 50.5 Å². The van der Waals surface area contributed by atoms with Gasteiger partial charge in [0.2, 0.25) is 5.91 Å². The summed E-state index contributed by atoms with van der Waals surface area (Å²) in [5.74, 6) is -0.762. The normalized spacial score (nSPS) is 10.9. The first-order valence-electron chi connectivity index (χ1n) is 10.9. The minimum absolute atomic E-state index is 0.197. The van der Waals surface area contributed by atoms with Crippen molar-refractivity contribution in [2.45, 2.75) is 19.3 Å². The number of amides is 2. The fraction of sp³-hybridized carbons (Fsp3) is 0.148. The van der Waals surface area contributed by atoms with Gasteiger partial charge in [-0.15, -0.1) is 11.3 Å². The van der Waals surface area contributed by atoms with Crippen LogP contribution in [0.15, 0.2) is 78.4 Å². The van der Waals surface area contributed by atoms with E-state index >= 15 is 0 Å². The average molecular weight is 482 g/mol. The Hall–Kier alpha value is -4.35. The van der Waals surface area contributed by atoms with E-state index < -0.39 is 5.41 Å². The Balaban J connectivity index is 1.37. The van der Waals surface area contributed by atoms with Gasteiger partial charge in [-0.3, -0.25) is 14.6 Å². The topological polar surface area (TPSA) is 108 Å². The summed E-state index contributed by atoms with van der Waals surface area (Å²) in [6.45, 7) is 3.38. The lowest BCUT2D eigenvalue weighted by molar-refractivity contribution is -0.115. The highest BCUT2D eigenvalue weighted by atomic mass is 32.1. The van der Waals surface area contributed by atoms with Crippen molar-refractivity contribution in [2.75, 3.05) is 11.9 Å². The number of thiazole rings is 1. The van der Waals surface area contributed by atoms with E-state index in [0.29, 0.717) is 10.7 Å². The van der Waals surface area contributed by atoms with Crippen molar-refractivity contribution >= 4 is 28.3 Å². The molecule has 0 aliphatic rings. The van der Waals surface area contributed by atoms with E-state index in [-0.39, 0.29) is 18.4 Å². The van der Waals surface area contributed by atoms with Crippen molar-refractivity contribution in [2.24, 2.45) is 0 Å². The molecule has 2 aromatic carbocycles. The van der Waals surface area contributed by atoms with Gasteiger partial charge in [0.1, 0.15) is 0 Å². The van der Waals surface area contributed by atoms with Gasteiger partial charge in [0.25, 0.3) is 5.91 Å². The number of nitrogens with zero attached hydrogens (tertiary/aromatic N) is 3. The number of hydrogen-bond donors (Lipinski definition) is 2. The van der Waals surface area contributed by atoms with Gasteiger partial charge in [0.15, 0.2) is 5.13 Å². The first kappa shape index (κ1) is 23.8. The average Bonchev–Trinajstić information content (AvgIpc) is 3.36. The Labute approximate surface area is 207 Å². The van der Waals surface area contributed by atoms with Crippen molar-refractivity contribution in [1.29, 1.82) is 5.26 Å². The zero-order chi connectivity index (χ0) is 24.8. The van der Waals surface area contributed by atoms with Gasteiger partial charge in [-0.05, 0) is 60.9 Å². The molecule has 35 heavy (non-hydrogen) atoms. The molecule has 7 nitrogen and oxygen atoms in total. The third-order valence-electron chi connectivity index (χ3n) is 5.46. The van der Waals surface area contributed by atoms with Crippen LogP contribution in [0.4, 0.5) is 5.13 Å². The maximum absolute atomic E-state index is 12.5. The van der Waals surface area contributed by atoms with Gasteiger partial charge >= 0.3 is 0 Å². The summed E-state index contributed by atoms with van der Waals surface area (Å²) in [4.78, 5) is 33.5. The Morgan fingerprint density at radius 1 is 1.00 bits per heavy atom. The Morgan fingerprint density at radius 2 is 1.74 bits per heavy atom. The predicted octanol–water partition coefficient (Wildman–Crippen LogP) is 5.04. The third-order valence-corrected chi connectivity index (χ3v) is 6.22. The molecule has 4 aromatic rings. The Morgan fingerprint density at radius 3 is 2.51 bits per heavy atom.